The van der Waals surface area contributed by atoms with Gasteiger partial charge in [-0.05, 0) is 28.8 Å². The number of hydrogen-bond acceptors (Lipinski definition) is 5. The number of piperidine rings is 1. The summed E-state index contributed by atoms with van der Waals surface area (Å²) in [4.78, 5) is 22.5. The van der Waals surface area contributed by atoms with Crippen LogP contribution in [0.25, 0.3) is 0 Å². The third-order valence-corrected chi connectivity index (χ3v) is 5.41. The maximum atomic E-state index is 13.8. The molecule has 6 rings (SSSR count). The number of amidine groups is 1. The number of carboxylic acid groups (broad SMARTS) is 1. The van der Waals surface area contributed by atoms with Crippen molar-refractivity contribution in [2.24, 2.45) is 21.8 Å². The Morgan fingerprint density at radius 1 is 1.54 bits per heavy atom. The van der Waals surface area contributed by atoms with Crippen LogP contribution in [0.5, 0.6) is 5.75 Å². The first-order chi connectivity index (χ1) is 12.6. The van der Waals surface area contributed by atoms with Gasteiger partial charge in [-0.1, -0.05) is 6.07 Å². The summed E-state index contributed by atoms with van der Waals surface area (Å²) >= 11 is 0. The van der Waals surface area contributed by atoms with E-state index in [2.05, 4.69) is 20.2 Å². The minimum Gasteiger partial charge on any atom is -0.494 e. The fraction of sp³-hybridized carbons (Fsp3) is 0.389. The molecule has 8 heteroatoms. The second-order valence-electron chi connectivity index (χ2n) is 6.88. The SMILES string of the molecule is COc1ccc(CN=C2NC(N3CC4=C5C4C53)=NCC2C(=O)O)cc1F. The lowest BCUT2D eigenvalue weighted by Gasteiger charge is -2.28. The van der Waals surface area contributed by atoms with Crippen LogP contribution in [-0.2, 0) is 11.3 Å². The highest BCUT2D eigenvalue weighted by atomic mass is 19.1. The average molecular weight is 356 g/mol. The number of fused-ring (bicyclic) bond motifs is 1. The van der Waals surface area contributed by atoms with Crippen LogP contribution in [-0.4, -0.2) is 54.0 Å². The number of halogens is 1. The van der Waals surface area contributed by atoms with Crippen LogP contribution >= 0.6 is 0 Å². The molecule has 3 unspecified atom stereocenters. The molecular formula is C18H17FN4O3. The zero-order chi connectivity index (χ0) is 18.0. The van der Waals surface area contributed by atoms with Gasteiger partial charge in [0.05, 0.1) is 26.2 Å². The van der Waals surface area contributed by atoms with E-state index >= 15 is 0 Å². The molecule has 0 aromatic heterocycles. The van der Waals surface area contributed by atoms with Crippen molar-refractivity contribution in [3.05, 3.63) is 40.7 Å². The molecule has 3 heterocycles. The number of carboxylic acids is 1. The van der Waals surface area contributed by atoms with Crippen molar-refractivity contribution >= 4 is 17.8 Å². The maximum absolute atomic E-state index is 13.8. The fourth-order valence-electron chi connectivity index (χ4n) is 3.86. The van der Waals surface area contributed by atoms with Gasteiger partial charge >= 0.3 is 5.97 Å². The lowest BCUT2D eigenvalue weighted by atomic mass is 10.1. The zero-order valence-electron chi connectivity index (χ0n) is 14.1. The predicted molar refractivity (Wildman–Crippen MR) is 91.7 cm³/mol. The van der Waals surface area contributed by atoms with Crippen LogP contribution in [0.3, 0.4) is 0 Å². The number of benzene rings is 1. The van der Waals surface area contributed by atoms with E-state index in [0.717, 1.165) is 6.54 Å². The van der Waals surface area contributed by atoms with Gasteiger partial charge in [0.1, 0.15) is 11.8 Å². The normalized spacial score (nSPS) is 29.3. The minimum atomic E-state index is -0.972. The van der Waals surface area contributed by atoms with Gasteiger partial charge in [0, 0.05) is 12.5 Å². The number of carbonyl (C=O) groups is 1. The molecule has 1 saturated carbocycles. The molecule has 0 radical (unpaired) electrons. The molecule has 134 valence electrons. The first-order valence-corrected chi connectivity index (χ1v) is 8.49. The molecule has 3 aliphatic heterocycles. The van der Waals surface area contributed by atoms with Gasteiger partial charge in [-0.25, -0.2) is 4.39 Å². The molecule has 1 aromatic rings. The van der Waals surface area contributed by atoms with E-state index in [4.69, 9.17) is 4.74 Å². The number of nitrogens with one attached hydrogen (secondary N) is 1. The Labute approximate surface area is 148 Å². The topological polar surface area (TPSA) is 86.5 Å². The minimum absolute atomic E-state index is 0.159. The van der Waals surface area contributed by atoms with E-state index in [1.54, 1.807) is 6.07 Å². The molecule has 26 heavy (non-hydrogen) atoms. The summed E-state index contributed by atoms with van der Waals surface area (Å²) in [5.41, 5.74) is 3.68. The third kappa shape index (κ3) is 2.21. The molecule has 2 fully saturated rings. The number of methoxy groups -OCH3 is 1. The molecule has 1 aromatic carbocycles. The number of nitrogens with zero attached hydrogens (tertiary/aromatic N) is 3. The van der Waals surface area contributed by atoms with E-state index in [-0.39, 0.29) is 18.8 Å². The molecule has 7 nitrogen and oxygen atoms in total. The molecule has 3 atom stereocenters. The summed E-state index contributed by atoms with van der Waals surface area (Å²) in [5, 5.41) is 12.6. The highest BCUT2D eigenvalue weighted by Crippen LogP contribution is 2.69. The summed E-state index contributed by atoms with van der Waals surface area (Å²) in [6.07, 6.45) is 0. The summed E-state index contributed by atoms with van der Waals surface area (Å²) in [6, 6.07) is 5.07. The van der Waals surface area contributed by atoms with Gasteiger partial charge in [-0.3, -0.25) is 14.8 Å². The fourth-order valence-corrected chi connectivity index (χ4v) is 3.86. The number of rotatable bonds is 4. The van der Waals surface area contributed by atoms with Gasteiger partial charge in [0.25, 0.3) is 0 Å². The highest BCUT2D eigenvalue weighted by Gasteiger charge is 2.70. The third-order valence-electron chi connectivity index (χ3n) is 5.41. The Kier molecular flexibility index (Phi) is 3.13. The van der Waals surface area contributed by atoms with E-state index in [1.807, 2.05) is 0 Å². The predicted octanol–water partition coefficient (Wildman–Crippen LogP) is 1.02. The molecule has 2 aliphatic carbocycles. The molecule has 2 bridgehead atoms. The second kappa shape index (κ2) is 5.30. The lowest BCUT2D eigenvalue weighted by Crippen LogP contribution is -2.51. The van der Waals surface area contributed by atoms with Crippen molar-refractivity contribution < 1.29 is 19.0 Å². The molecule has 0 amide bonds. The van der Waals surface area contributed by atoms with Crippen molar-refractivity contribution in [1.29, 1.82) is 0 Å². The molecule has 1 saturated heterocycles. The summed E-state index contributed by atoms with van der Waals surface area (Å²) < 4.78 is 18.7. The molecule has 2 N–H and O–H groups in total. The van der Waals surface area contributed by atoms with Crippen LogP contribution in [0.15, 0.2) is 39.3 Å². The Hall–Kier alpha value is -2.90. The van der Waals surface area contributed by atoms with Gasteiger partial charge in [0.2, 0.25) is 0 Å². The molecule has 0 spiro atoms. The quantitative estimate of drug-likeness (QED) is 0.787. The first kappa shape index (κ1) is 15.4. The van der Waals surface area contributed by atoms with Crippen molar-refractivity contribution in [1.82, 2.24) is 10.2 Å². The Morgan fingerprint density at radius 3 is 2.96 bits per heavy atom. The Balaban J connectivity index is 1.34. The van der Waals surface area contributed by atoms with Gasteiger partial charge < -0.3 is 20.1 Å². The van der Waals surface area contributed by atoms with E-state index in [0.29, 0.717) is 29.3 Å². The monoisotopic (exact) mass is 356 g/mol. The van der Waals surface area contributed by atoms with E-state index in [1.165, 1.54) is 30.4 Å². The van der Waals surface area contributed by atoms with Gasteiger partial charge in [-0.15, -0.1) is 0 Å². The van der Waals surface area contributed by atoms with Crippen LogP contribution in [0.2, 0.25) is 0 Å². The summed E-state index contributed by atoms with van der Waals surface area (Å²) in [6.45, 7) is 1.22. The second-order valence-corrected chi connectivity index (χ2v) is 6.88. The van der Waals surface area contributed by atoms with Crippen molar-refractivity contribution in [3.8, 4) is 5.75 Å². The lowest BCUT2D eigenvalue weighted by molar-refractivity contribution is -0.139. The highest BCUT2D eigenvalue weighted by molar-refractivity contribution is 6.10. The van der Waals surface area contributed by atoms with Gasteiger partial charge in [-0.2, -0.15) is 0 Å². The number of ether oxygens (including phenoxy) is 1. The molecule has 5 aliphatic rings. The maximum Gasteiger partial charge on any atom is 0.316 e. The largest absolute Gasteiger partial charge is 0.494 e. The number of guanidine groups is 1. The van der Waals surface area contributed by atoms with Crippen molar-refractivity contribution in [3.63, 3.8) is 0 Å². The standard InChI is InChI=1S/C18H17FN4O3/c1-26-12-3-2-8(4-11(12)19)5-20-16-9(17(24)25)6-21-18(22-16)23-7-10-13-14(10)15(13)23/h2-4,9,13,15H,5-7H2,1H3,(H,24,25)(H,20,21,22). The average Bonchev–Trinajstić information content (AvgIpc) is 3.45. The van der Waals surface area contributed by atoms with Crippen molar-refractivity contribution in [2.45, 2.75) is 12.6 Å². The number of aliphatic imine (C=N–C) groups is 2. The zero-order valence-corrected chi connectivity index (χ0v) is 14.1. The smallest absolute Gasteiger partial charge is 0.316 e. The van der Waals surface area contributed by atoms with Crippen LogP contribution in [0.4, 0.5) is 4.39 Å². The van der Waals surface area contributed by atoms with E-state index in [9.17, 15) is 14.3 Å². The first-order valence-electron chi connectivity index (χ1n) is 8.49. The summed E-state index contributed by atoms with van der Waals surface area (Å²) in [7, 11) is 1.41. The van der Waals surface area contributed by atoms with Crippen LogP contribution < -0.4 is 10.1 Å². The number of hydrogen-bond donors (Lipinski definition) is 2. The van der Waals surface area contributed by atoms with Crippen LogP contribution in [0.1, 0.15) is 5.56 Å². The number of aliphatic carboxylic acids is 1. The van der Waals surface area contributed by atoms with Crippen molar-refractivity contribution in [2.75, 3.05) is 20.2 Å². The Morgan fingerprint density at radius 2 is 2.35 bits per heavy atom. The molecular weight excluding hydrogens is 339 g/mol. The summed E-state index contributed by atoms with van der Waals surface area (Å²) in [5.74, 6) is -0.354. The van der Waals surface area contributed by atoms with E-state index < -0.39 is 17.7 Å². The van der Waals surface area contributed by atoms with Crippen LogP contribution in [0, 0.1) is 17.7 Å². The Bertz CT molecular complexity index is 917. The van der Waals surface area contributed by atoms with Gasteiger partial charge in [0.15, 0.2) is 17.5 Å².